The molecule has 1 aliphatic heterocycles. The first kappa shape index (κ1) is 14.6. The molecule has 2 aliphatic carbocycles. The summed E-state index contributed by atoms with van der Waals surface area (Å²) in [5.74, 6) is -0.304. The molecule has 2 aromatic rings. The Morgan fingerprint density at radius 3 is 2.96 bits per heavy atom. The predicted molar refractivity (Wildman–Crippen MR) is 88.8 cm³/mol. The van der Waals surface area contributed by atoms with Gasteiger partial charge in [0.15, 0.2) is 4.77 Å². The Labute approximate surface area is 143 Å². The smallest absolute Gasteiger partial charge is 0.253 e. The number of carbonyl (C=O) groups is 1. The van der Waals surface area contributed by atoms with Crippen LogP contribution in [-0.2, 0) is 4.74 Å². The first-order valence-corrected chi connectivity index (χ1v) is 8.83. The zero-order valence-corrected chi connectivity index (χ0v) is 13.8. The van der Waals surface area contributed by atoms with Crippen LogP contribution in [0.3, 0.4) is 0 Å². The third-order valence-electron chi connectivity index (χ3n) is 6.16. The third kappa shape index (κ3) is 1.82. The van der Waals surface area contributed by atoms with Crippen LogP contribution in [0.5, 0.6) is 0 Å². The van der Waals surface area contributed by atoms with Crippen LogP contribution in [0.4, 0.5) is 4.39 Å². The molecule has 0 bridgehead atoms. The highest BCUT2D eigenvalue weighted by molar-refractivity contribution is 7.71. The quantitative estimate of drug-likeness (QED) is 0.731. The molecular formula is C17H18FN3O2S. The first-order chi connectivity index (χ1) is 11.6. The molecule has 3 fully saturated rings. The van der Waals surface area contributed by atoms with E-state index in [0.29, 0.717) is 33.4 Å². The van der Waals surface area contributed by atoms with Gasteiger partial charge in [0.2, 0.25) is 0 Å². The number of fused-ring (bicyclic) bond motifs is 3. The van der Waals surface area contributed by atoms with Gasteiger partial charge in [-0.05, 0) is 43.6 Å². The van der Waals surface area contributed by atoms with Crippen LogP contribution in [0.2, 0.25) is 0 Å². The Balaban J connectivity index is 1.48. The SMILES string of the molecule is O=C(N[C@@H]1[C@H]2CCO[C@@H]2C12CCC2)c1cc(F)cc2[nH]c(=S)[nH]c12. The number of H-pyrrole nitrogens is 2. The Kier molecular flexibility index (Phi) is 2.98. The minimum atomic E-state index is -0.452. The molecule has 126 valence electrons. The predicted octanol–water partition coefficient (Wildman–Crippen LogP) is 3.05. The summed E-state index contributed by atoms with van der Waals surface area (Å²) in [7, 11) is 0. The van der Waals surface area contributed by atoms with Crippen LogP contribution in [0.15, 0.2) is 12.1 Å². The van der Waals surface area contributed by atoms with E-state index in [1.165, 1.54) is 18.6 Å². The van der Waals surface area contributed by atoms with Gasteiger partial charge in [-0.1, -0.05) is 6.42 Å². The molecular weight excluding hydrogens is 329 g/mol. The lowest BCUT2D eigenvalue weighted by Crippen LogP contribution is -2.71. The molecule has 0 radical (unpaired) electrons. The van der Waals surface area contributed by atoms with Crippen LogP contribution in [0, 0.1) is 21.9 Å². The number of benzene rings is 1. The van der Waals surface area contributed by atoms with Crippen LogP contribution in [0.25, 0.3) is 11.0 Å². The van der Waals surface area contributed by atoms with E-state index < -0.39 is 5.82 Å². The van der Waals surface area contributed by atoms with Crippen LogP contribution < -0.4 is 5.32 Å². The molecule has 2 saturated carbocycles. The van der Waals surface area contributed by atoms with E-state index in [1.54, 1.807) is 0 Å². The number of halogens is 1. The van der Waals surface area contributed by atoms with Gasteiger partial charge < -0.3 is 20.0 Å². The van der Waals surface area contributed by atoms with Crippen molar-refractivity contribution in [1.29, 1.82) is 0 Å². The minimum Gasteiger partial charge on any atom is -0.377 e. The lowest BCUT2D eigenvalue weighted by Gasteiger charge is -2.63. The molecule has 0 unspecified atom stereocenters. The van der Waals surface area contributed by atoms with Gasteiger partial charge >= 0.3 is 0 Å². The normalized spacial score (nSPS) is 30.0. The van der Waals surface area contributed by atoms with Gasteiger partial charge in [-0.25, -0.2) is 4.39 Å². The summed E-state index contributed by atoms with van der Waals surface area (Å²) in [6.07, 6.45) is 4.67. The molecule has 1 amide bonds. The van der Waals surface area contributed by atoms with Gasteiger partial charge in [-0.3, -0.25) is 4.79 Å². The Morgan fingerprint density at radius 2 is 2.21 bits per heavy atom. The number of nitrogens with one attached hydrogen (secondary N) is 3. The zero-order chi connectivity index (χ0) is 16.5. The maximum absolute atomic E-state index is 13.9. The summed E-state index contributed by atoms with van der Waals surface area (Å²) in [6, 6.07) is 2.74. The van der Waals surface area contributed by atoms with Gasteiger partial charge in [0, 0.05) is 24.0 Å². The summed E-state index contributed by atoms with van der Waals surface area (Å²) in [5.41, 5.74) is 1.47. The molecule has 3 N–H and O–H groups in total. The molecule has 5 rings (SSSR count). The molecule has 24 heavy (non-hydrogen) atoms. The molecule has 2 heterocycles. The number of carbonyl (C=O) groups excluding carboxylic acids is 1. The average molecular weight is 347 g/mol. The number of rotatable bonds is 2. The summed E-state index contributed by atoms with van der Waals surface area (Å²) < 4.78 is 20.1. The highest BCUT2D eigenvalue weighted by Crippen LogP contribution is 2.62. The van der Waals surface area contributed by atoms with Crippen molar-refractivity contribution < 1.29 is 13.9 Å². The molecule has 1 aromatic carbocycles. The largest absolute Gasteiger partial charge is 0.377 e. The van der Waals surface area contributed by atoms with E-state index in [4.69, 9.17) is 17.0 Å². The number of aromatic amines is 2. The lowest BCUT2D eigenvalue weighted by atomic mass is 9.46. The maximum atomic E-state index is 13.9. The van der Waals surface area contributed by atoms with Gasteiger partial charge in [0.05, 0.1) is 22.7 Å². The van der Waals surface area contributed by atoms with Gasteiger partial charge in [0.1, 0.15) is 5.82 Å². The monoisotopic (exact) mass is 347 g/mol. The second-order valence-electron chi connectivity index (χ2n) is 7.24. The van der Waals surface area contributed by atoms with Crippen molar-refractivity contribution in [2.75, 3.05) is 6.61 Å². The lowest BCUT2D eigenvalue weighted by molar-refractivity contribution is -0.172. The number of ether oxygens (including phenoxy) is 1. The second kappa shape index (κ2) is 4.89. The van der Waals surface area contributed by atoms with Crippen molar-refractivity contribution in [3.63, 3.8) is 0 Å². The van der Waals surface area contributed by atoms with Gasteiger partial charge in [-0.15, -0.1) is 0 Å². The van der Waals surface area contributed by atoms with Crippen LogP contribution in [-0.4, -0.2) is 34.6 Å². The fourth-order valence-corrected chi connectivity index (χ4v) is 5.17. The summed E-state index contributed by atoms with van der Waals surface area (Å²) >= 11 is 5.07. The van der Waals surface area contributed by atoms with Crippen molar-refractivity contribution >= 4 is 29.2 Å². The van der Waals surface area contributed by atoms with E-state index in [2.05, 4.69) is 15.3 Å². The standard InChI is InChI=1S/C17H18FN3O2S/c18-8-6-10(12-11(7-8)19-16(24)20-12)15(22)21-13-9-2-5-23-14(9)17(13)3-1-4-17/h6-7,9,13-14H,1-5H2,(H,21,22)(H2,19,20,24)/t9-,13-,14+/m1/s1. The summed E-state index contributed by atoms with van der Waals surface area (Å²) in [5, 5.41) is 3.17. The average Bonchev–Trinajstić information content (AvgIpc) is 3.06. The number of aromatic nitrogens is 2. The Morgan fingerprint density at radius 1 is 1.38 bits per heavy atom. The van der Waals surface area contributed by atoms with E-state index >= 15 is 0 Å². The molecule has 1 aromatic heterocycles. The minimum absolute atomic E-state index is 0.105. The molecule has 3 aliphatic rings. The molecule has 1 saturated heterocycles. The molecule has 7 heteroatoms. The van der Waals surface area contributed by atoms with Crippen molar-refractivity contribution in [3.8, 4) is 0 Å². The maximum Gasteiger partial charge on any atom is 0.253 e. The van der Waals surface area contributed by atoms with Crippen molar-refractivity contribution in [1.82, 2.24) is 15.3 Å². The van der Waals surface area contributed by atoms with E-state index in [0.717, 1.165) is 25.9 Å². The highest BCUT2D eigenvalue weighted by atomic mass is 32.1. The van der Waals surface area contributed by atoms with Crippen LogP contribution in [0.1, 0.15) is 36.0 Å². The van der Waals surface area contributed by atoms with E-state index in [-0.39, 0.29) is 17.4 Å². The number of hydrogen-bond donors (Lipinski definition) is 3. The second-order valence-corrected chi connectivity index (χ2v) is 7.65. The Hall–Kier alpha value is -1.73. The number of imidazole rings is 1. The van der Waals surface area contributed by atoms with Crippen molar-refractivity contribution in [2.24, 2.45) is 11.3 Å². The number of hydrogen-bond acceptors (Lipinski definition) is 3. The summed E-state index contributed by atoms with van der Waals surface area (Å²) in [4.78, 5) is 18.7. The third-order valence-corrected chi connectivity index (χ3v) is 6.36. The molecule has 5 nitrogen and oxygen atoms in total. The highest BCUT2D eigenvalue weighted by Gasteiger charge is 2.66. The molecule has 3 atom stereocenters. The molecule has 1 spiro atoms. The number of amides is 1. The Bertz CT molecular complexity index is 901. The topological polar surface area (TPSA) is 69.9 Å². The first-order valence-electron chi connectivity index (χ1n) is 8.42. The fraction of sp³-hybridized carbons (Fsp3) is 0.529. The van der Waals surface area contributed by atoms with Crippen molar-refractivity contribution in [3.05, 3.63) is 28.3 Å². The van der Waals surface area contributed by atoms with Gasteiger partial charge in [0.25, 0.3) is 5.91 Å². The van der Waals surface area contributed by atoms with E-state index in [1.807, 2.05) is 0 Å². The zero-order valence-electron chi connectivity index (χ0n) is 13.0. The summed E-state index contributed by atoms with van der Waals surface area (Å²) in [6.45, 7) is 0.776. The van der Waals surface area contributed by atoms with Crippen LogP contribution >= 0.6 is 12.2 Å². The fourth-order valence-electron chi connectivity index (χ4n) is 4.96. The van der Waals surface area contributed by atoms with E-state index in [9.17, 15) is 9.18 Å². The van der Waals surface area contributed by atoms with Crippen molar-refractivity contribution in [2.45, 2.75) is 37.8 Å². The van der Waals surface area contributed by atoms with Gasteiger partial charge in [-0.2, -0.15) is 0 Å².